The zero-order chi connectivity index (χ0) is 19.6. The molecule has 0 bridgehead atoms. The second-order valence-electron chi connectivity index (χ2n) is 8.39. The Morgan fingerprint density at radius 3 is 2.65 bits per heavy atom. The van der Waals surface area contributed by atoms with Gasteiger partial charge < -0.3 is 14.2 Å². The summed E-state index contributed by atoms with van der Waals surface area (Å²) in [6, 6.07) is 0. The van der Waals surface area contributed by atoms with Crippen molar-refractivity contribution in [3.8, 4) is 11.5 Å². The van der Waals surface area contributed by atoms with E-state index in [0.717, 1.165) is 0 Å². The molecule has 26 heavy (non-hydrogen) atoms. The first-order valence-corrected chi connectivity index (χ1v) is 12.4. The summed E-state index contributed by atoms with van der Waals surface area (Å²) < 4.78 is 17.3. The van der Waals surface area contributed by atoms with Crippen molar-refractivity contribution in [2.45, 2.75) is 76.8 Å². The van der Waals surface area contributed by atoms with Gasteiger partial charge in [0.15, 0.2) is 5.79 Å². The van der Waals surface area contributed by atoms with Gasteiger partial charge in [0.05, 0.1) is 0 Å². The Morgan fingerprint density at radius 2 is 2.04 bits per heavy atom. The number of Topliss-reactive ketones (excluding diaryl/α,β-unsaturated/α-hetero) is 1. The van der Waals surface area contributed by atoms with Gasteiger partial charge in [-0.1, -0.05) is 31.8 Å². The number of rotatable bonds is 4. The minimum atomic E-state index is -1.61. The fourth-order valence-electron chi connectivity index (χ4n) is 2.89. The van der Waals surface area contributed by atoms with E-state index in [1.807, 2.05) is 26.8 Å². The molecule has 0 unspecified atom stereocenters. The molecule has 0 aromatic heterocycles. The molecule has 2 aliphatic heterocycles. The number of hydrogen-bond acceptors (Lipinski definition) is 5. The molecule has 142 valence electrons. The molecule has 3 atom stereocenters. The van der Waals surface area contributed by atoms with Crippen LogP contribution in [0.2, 0.25) is 19.6 Å². The highest BCUT2D eigenvalue weighted by Crippen LogP contribution is 2.39. The number of cyclic esters (lactones) is 1. The predicted molar refractivity (Wildman–Crippen MR) is 102 cm³/mol. The second-order valence-corrected chi connectivity index (χ2v) is 13.1. The molecule has 0 saturated carbocycles. The fourth-order valence-corrected chi connectivity index (χ4v) is 3.41. The molecule has 0 aromatic carbocycles. The highest BCUT2D eigenvalue weighted by atomic mass is 28.3. The summed E-state index contributed by atoms with van der Waals surface area (Å²) in [5, 5.41) is 0. The lowest BCUT2D eigenvalue weighted by Gasteiger charge is -2.26. The maximum atomic E-state index is 12.3. The van der Waals surface area contributed by atoms with E-state index >= 15 is 0 Å². The molecule has 6 heteroatoms. The van der Waals surface area contributed by atoms with Crippen LogP contribution in [0.15, 0.2) is 24.3 Å². The van der Waals surface area contributed by atoms with Crippen molar-refractivity contribution < 1.29 is 23.8 Å². The van der Waals surface area contributed by atoms with Crippen molar-refractivity contribution in [2.75, 3.05) is 0 Å². The highest BCUT2D eigenvalue weighted by molar-refractivity contribution is 6.84. The Bertz CT molecular complexity index is 689. The van der Waals surface area contributed by atoms with Crippen LogP contribution in [0.4, 0.5) is 0 Å². The van der Waals surface area contributed by atoms with E-state index in [-0.39, 0.29) is 24.3 Å². The standard InChI is InChI=1S/C20H28O5Si/c1-19(2)24-17(14-15(21)11-13-26(4,5)6)20(3,25-19)12-10-16-8-7-9-18(22)23-16/h7,9-10,12,16-17H,8,14H2,1-6H3/t16-,17-,20+/m1/s1. The Kier molecular flexibility index (Phi) is 5.96. The third-order valence-corrected chi connectivity index (χ3v) is 4.89. The van der Waals surface area contributed by atoms with E-state index in [1.54, 1.807) is 12.2 Å². The van der Waals surface area contributed by atoms with Crippen LogP contribution in [0, 0.1) is 11.5 Å². The average molecular weight is 377 g/mol. The largest absolute Gasteiger partial charge is 0.455 e. The van der Waals surface area contributed by atoms with Gasteiger partial charge in [-0.2, -0.15) is 0 Å². The molecule has 0 N–H and O–H groups in total. The van der Waals surface area contributed by atoms with Gasteiger partial charge in [-0.3, -0.25) is 4.79 Å². The lowest BCUT2D eigenvalue weighted by atomic mass is 9.93. The molecule has 1 fully saturated rings. The molecule has 1 saturated heterocycles. The summed E-state index contributed by atoms with van der Waals surface area (Å²) >= 11 is 0. The molecule has 0 aromatic rings. The molecule has 0 spiro atoms. The molecule has 0 aliphatic carbocycles. The van der Waals surface area contributed by atoms with Crippen molar-refractivity contribution in [3.05, 3.63) is 24.3 Å². The third-order valence-electron chi connectivity index (χ3n) is 4.01. The van der Waals surface area contributed by atoms with Crippen LogP contribution in [0.3, 0.4) is 0 Å². The topological polar surface area (TPSA) is 61.8 Å². The molecule has 2 aliphatic rings. The highest BCUT2D eigenvalue weighted by Gasteiger charge is 2.49. The Hall–Kier alpha value is -1.68. The minimum absolute atomic E-state index is 0.148. The van der Waals surface area contributed by atoms with Gasteiger partial charge in [0.2, 0.25) is 5.78 Å². The summed E-state index contributed by atoms with van der Waals surface area (Å²) in [6.45, 7) is 11.8. The van der Waals surface area contributed by atoms with Gasteiger partial charge in [-0.05, 0) is 32.8 Å². The summed E-state index contributed by atoms with van der Waals surface area (Å²) in [5.41, 5.74) is 2.29. The Balaban J connectivity index is 2.12. The van der Waals surface area contributed by atoms with Crippen molar-refractivity contribution in [1.82, 2.24) is 0 Å². The summed E-state index contributed by atoms with van der Waals surface area (Å²) in [4.78, 5) is 23.7. The first kappa shape index (κ1) is 20.6. The Labute approximate surface area is 156 Å². The average Bonchev–Trinajstić information content (AvgIpc) is 2.72. The lowest BCUT2D eigenvalue weighted by Crippen LogP contribution is -2.36. The van der Waals surface area contributed by atoms with Crippen molar-refractivity contribution in [3.63, 3.8) is 0 Å². The van der Waals surface area contributed by atoms with Crippen LogP contribution in [-0.2, 0) is 23.8 Å². The normalized spacial score (nSPS) is 30.8. The van der Waals surface area contributed by atoms with Crippen molar-refractivity contribution in [2.24, 2.45) is 0 Å². The predicted octanol–water partition coefficient (Wildman–Crippen LogP) is 3.16. The van der Waals surface area contributed by atoms with Crippen molar-refractivity contribution >= 4 is 19.8 Å². The number of carbonyl (C=O) groups is 2. The summed E-state index contributed by atoms with van der Waals surface area (Å²) in [6.07, 6.45) is 6.83. The van der Waals surface area contributed by atoms with Crippen LogP contribution >= 0.6 is 0 Å². The van der Waals surface area contributed by atoms with Crippen LogP contribution in [0.5, 0.6) is 0 Å². The van der Waals surface area contributed by atoms with Crippen molar-refractivity contribution in [1.29, 1.82) is 0 Å². The molecule has 2 heterocycles. The van der Waals surface area contributed by atoms with E-state index in [4.69, 9.17) is 14.2 Å². The first-order valence-electron chi connectivity index (χ1n) is 8.89. The maximum Gasteiger partial charge on any atom is 0.331 e. The SMILES string of the molecule is CC1(C)O[C@H](CC(=O)C#C[Si](C)(C)C)[C@](C)(C=C[C@H]2CC=CC(=O)O2)O1. The van der Waals surface area contributed by atoms with Gasteiger partial charge >= 0.3 is 5.97 Å². The minimum Gasteiger partial charge on any atom is -0.455 e. The number of ketones is 1. The smallest absolute Gasteiger partial charge is 0.331 e. The van der Waals surface area contributed by atoms with E-state index in [0.29, 0.717) is 6.42 Å². The van der Waals surface area contributed by atoms with E-state index in [2.05, 4.69) is 31.1 Å². The van der Waals surface area contributed by atoms with Gasteiger partial charge in [-0.15, -0.1) is 5.54 Å². The zero-order valence-electron chi connectivity index (χ0n) is 16.4. The van der Waals surface area contributed by atoms with E-state index < -0.39 is 25.6 Å². The zero-order valence-corrected chi connectivity index (χ0v) is 17.4. The second kappa shape index (κ2) is 7.51. The van der Waals surface area contributed by atoms with Crippen LogP contribution in [0.1, 0.15) is 33.6 Å². The van der Waals surface area contributed by atoms with Gasteiger partial charge in [0.25, 0.3) is 0 Å². The lowest BCUT2D eigenvalue weighted by molar-refractivity contribution is -0.154. The van der Waals surface area contributed by atoms with Gasteiger partial charge in [-0.25, -0.2) is 4.79 Å². The number of carbonyl (C=O) groups excluding carboxylic acids is 2. The van der Waals surface area contributed by atoms with Crippen LogP contribution in [0.25, 0.3) is 0 Å². The number of ether oxygens (including phenoxy) is 3. The molecule has 5 nitrogen and oxygen atoms in total. The van der Waals surface area contributed by atoms with E-state index in [1.165, 1.54) is 6.08 Å². The van der Waals surface area contributed by atoms with Gasteiger partial charge in [0, 0.05) is 18.9 Å². The number of hydrogen-bond donors (Lipinski definition) is 0. The quantitative estimate of drug-likeness (QED) is 0.326. The molecule has 2 rings (SSSR count). The summed E-state index contributed by atoms with van der Waals surface area (Å²) in [7, 11) is -1.61. The number of esters is 1. The monoisotopic (exact) mass is 376 g/mol. The van der Waals surface area contributed by atoms with Gasteiger partial charge in [0.1, 0.15) is 25.9 Å². The van der Waals surface area contributed by atoms with Crippen LogP contribution in [-0.4, -0.2) is 43.4 Å². The third kappa shape index (κ3) is 5.94. The van der Waals surface area contributed by atoms with Crippen LogP contribution < -0.4 is 0 Å². The Morgan fingerprint density at radius 1 is 1.35 bits per heavy atom. The molecule has 0 amide bonds. The molecule has 0 radical (unpaired) electrons. The summed E-state index contributed by atoms with van der Waals surface area (Å²) in [5.74, 6) is 1.45. The van der Waals surface area contributed by atoms with E-state index in [9.17, 15) is 9.59 Å². The maximum absolute atomic E-state index is 12.3. The fraction of sp³-hybridized carbons (Fsp3) is 0.600. The molecular formula is C20H28O5Si. The molecular weight excluding hydrogens is 348 g/mol. The first-order chi connectivity index (χ1) is 11.9.